The van der Waals surface area contributed by atoms with Crippen molar-refractivity contribution in [3.05, 3.63) is 40.2 Å². The van der Waals surface area contributed by atoms with Crippen LogP contribution in [-0.4, -0.2) is 29.6 Å². The van der Waals surface area contributed by atoms with Crippen LogP contribution in [0.4, 0.5) is 9.80 Å². The molecule has 0 aliphatic rings. The third kappa shape index (κ3) is 6.91. The Balaban J connectivity index is 1.93. The van der Waals surface area contributed by atoms with Crippen LogP contribution in [0.25, 0.3) is 0 Å². The molecule has 0 radical (unpaired) electrons. The number of hydrogen-bond donors (Lipinski definition) is 4. The minimum Gasteiger partial charge on any atom is -0.478 e. The molecule has 0 fully saturated rings. The highest BCUT2D eigenvalue weighted by Gasteiger charge is 2.25. The summed E-state index contributed by atoms with van der Waals surface area (Å²) in [6.45, 7) is 4.42. The highest BCUT2D eigenvalue weighted by molar-refractivity contribution is 7.18. The van der Waals surface area contributed by atoms with Gasteiger partial charge < -0.3 is 20.2 Å². The molecule has 2 heterocycles. The van der Waals surface area contributed by atoms with E-state index in [1.54, 1.807) is 19.1 Å². The second-order valence-corrected chi connectivity index (χ2v) is 8.00. The van der Waals surface area contributed by atoms with Crippen molar-refractivity contribution in [3.8, 4) is 0 Å². The van der Waals surface area contributed by atoms with E-state index >= 15 is 0 Å². The molecule has 164 valence electrons. The van der Waals surface area contributed by atoms with Crippen molar-refractivity contribution < 1.29 is 23.9 Å². The van der Waals surface area contributed by atoms with Crippen LogP contribution in [0.15, 0.2) is 22.8 Å². The average Bonchev–Trinajstić information content (AvgIpc) is 3.33. The van der Waals surface area contributed by atoms with Gasteiger partial charge >= 0.3 is 12.0 Å². The molecule has 4 N–H and O–H groups in total. The Morgan fingerprint density at radius 1 is 1.10 bits per heavy atom. The van der Waals surface area contributed by atoms with Gasteiger partial charge in [0, 0.05) is 6.54 Å². The molecular formula is C21H29N3O5S. The fraction of sp³-hybridized carbons (Fsp3) is 0.476. The van der Waals surface area contributed by atoms with Crippen molar-refractivity contribution in [1.82, 2.24) is 10.6 Å². The molecule has 0 aliphatic carbocycles. The van der Waals surface area contributed by atoms with Gasteiger partial charge in [0.15, 0.2) is 0 Å². The van der Waals surface area contributed by atoms with Crippen molar-refractivity contribution in [3.63, 3.8) is 0 Å². The van der Waals surface area contributed by atoms with Crippen molar-refractivity contribution in [2.75, 3.05) is 11.9 Å². The van der Waals surface area contributed by atoms with E-state index in [1.165, 1.54) is 25.5 Å². The Morgan fingerprint density at radius 3 is 2.50 bits per heavy atom. The van der Waals surface area contributed by atoms with Gasteiger partial charge in [0.1, 0.15) is 10.8 Å². The minimum absolute atomic E-state index is 0.0714. The largest absolute Gasteiger partial charge is 0.478 e. The molecule has 2 rings (SSSR count). The molecule has 0 bridgehead atoms. The van der Waals surface area contributed by atoms with E-state index in [0.29, 0.717) is 17.9 Å². The summed E-state index contributed by atoms with van der Waals surface area (Å²) < 4.78 is 5.17. The van der Waals surface area contributed by atoms with Crippen LogP contribution in [-0.2, 0) is 6.54 Å². The molecule has 0 saturated carbocycles. The van der Waals surface area contributed by atoms with Crippen molar-refractivity contribution in [2.24, 2.45) is 0 Å². The molecule has 0 spiro atoms. The van der Waals surface area contributed by atoms with Crippen molar-refractivity contribution >= 4 is 34.2 Å². The van der Waals surface area contributed by atoms with Gasteiger partial charge in [-0.25, -0.2) is 9.59 Å². The van der Waals surface area contributed by atoms with E-state index < -0.39 is 17.9 Å². The van der Waals surface area contributed by atoms with E-state index in [2.05, 4.69) is 22.9 Å². The van der Waals surface area contributed by atoms with Gasteiger partial charge in [-0.3, -0.25) is 10.1 Å². The number of thiophene rings is 1. The molecular weight excluding hydrogens is 406 g/mol. The maximum atomic E-state index is 12.5. The number of carbonyl (C=O) groups excluding carboxylic acids is 2. The summed E-state index contributed by atoms with van der Waals surface area (Å²) >= 11 is 0.945. The van der Waals surface area contributed by atoms with E-state index in [9.17, 15) is 19.5 Å². The van der Waals surface area contributed by atoms with E-state index in [0.717, 1.165) is 30.6 Å². The van der Waals surface area contributed by atoms with Crippen LogP contribution in [0, 0.1) is 6.92 Å². The fourth-order valence-electron chi connectivity index (χ4n) is 2.99. The monoisotopic (exact) mass is 435 g/mol. The number of anilines is 1. The minimum atomic E-state index is -1.19. The number of nitrogens with one attached hydrogen (secondary N) is 3. The number of urea groups is 1. The first-order valence-corrected chi connectivity index (χ1v) is 11.0. The Morgan fingerprint density at radius 2 is 1.83 bits per heavy atom. The van der Waals surface area contributed by atoms with Crippen molar-refractivity contribution in [2.45, 2.75) is 58.9 Å². The van der Waals surface area contributed by atoms with Crippen LogP contribution in [0.2, 0.25) is 0 Å². The van der Waals surface area contributed by atoms with Crippen LogP contribution in [0.3, 0.4) is 0 Å². The highest BCUT2D eigenvalue weighted by Crippen LogP contribution is 2.33. The molecule has 9 heteroatoms. The summed E-state index contributed by atoms with van der Waals surface area (Å²) in [5.41, 5.74) is 0.244. The molecule has 0 saturated heterocycles. The molecule has 0 aliphatic heterocycles. The van der Waals surface area contributed by atoms with Crippen molar-refractivity contribution in [1.29, 1.82) is 0 Å². The summed E-state index contributed by atoms with van der Waals surface area (Å²) in [5, 5.41) is 17.7. The SMILES string of the molecule is CCCCCCCCNC(=O)Nc1sc(C(=O)NCc2ccco2)c(C)c1C(=O)O. The van der Waals surface area contributed by atoms with Gasteiger partial charge in [0.2, 0.25) is 0 Å². The summed E-state index contributed by atoms with van der Waals surface area (Å²) in [6.07, 6.45) is 8.17. The molecule has 0 unspecified atom stereocenters. The van der Waals surface area contributed by atoms with Crippen LogP contribution >= 0.6 is 11.3 Å². The smallest absolute Gasteiger partial charge is 0.339 e. The molecule has 2 aromatic rings. The molecule has 2 aromatic heterocycles. The van der Waals surface area contributed by atoms with Gasteiger partial charge in [0.05, 0.1) is 23.2 Å². The topological polar surface area (TPSA) is 121 Å². The number of rotatable bonds is 12. The number of carboxylic acids is 1. The van der Waals surface area contributed by atoms with E-state index in [4.69, 9.17) is 4.42 Å². The van der Waals surface area contributed by atoms with Gasteiger partial charge in [-0.1, -0.05) is 39.0 Å². The lowest BCUT2D eigenvalue weighted by Gasteiger charge is -2.07. The Bertz CT molecular complexity index is 845. The van der Waals surface area contributed by atoms with Crippen LogP contribution in [0.5, 0.6) is 0 Å². The normalized spacial score (nSPS) is 10.6. The Hall–Kier alpha value is -2.81. The fourth-order valence-corrected chi connectivity index (χ4v) is 4.10. The number of carboxylic acid groups (broad SMARTS) is 1. The zero-order chi connectivity index (χ0) is 21.9. The zero-order valence-corrected chi connectivity index (χ0v) is 18.2. The lowest BCUT2D eigenvalue weighted by Crippen LogP contribution is -2.29. The van der Waals surface area contributed by atoms with Crippen LogP contribution in [0.1, 0.15) is 76.8 Å². The first-order valence-electron chi connectivity index (χ1n) is 10.2. The van der Waals surface area contributed by atoms with E-state index in [-0.39, 0.29) is 22.0 Å². The number of unbranched alkanes of at least 4 members (excludes halogenated alkanes) is 5. The molecule has 3 amide bonds. The third-order valence-corrected chi connectivity index (χ3v) is 5.82. The molecule has 0 atom stereocenters. The summed E-state index contributed by atoms with van der Waals surface area (Å²) in [6, 6.07) is 2.97. The second kappa shape index (κ2) is 12.0. The first-order chi connectivity index (χ1) is 14.4. The summed E-state index contributed by atoms with van der Waals surface area (Å²) in [5.74, 6) is -1.03. The predicted octanol–water partition coefficient (Wildman–Crippen LogP) is 4.76. The lowest BCUT2D eigenvalue weighted by atomic mass is 10.1. The maximum Gasteiger partial charge on any atom is 0.339 e. The van der Waals surface area contributed by atoms with Gasteiger partial charge in [0.25, 0.3) is 5.91 Å². The second-order valence-electron chi connectivity index (χ2n) is 6.98. The zero-order valence-electron chi connectivity index (χ0n) is 17.4. The highest BCUT2D eigenvalue weighted by atomic mass is 32.1. The molecule has 30 heavy (non-hydrogen) atoms. The molecule has 0 aromatic carbocycles. The van der Waals surface area contributed by atoms with Gasteiger partial charge in [-0.2, -0.15) is 0 Å². The Labute approximate surface area is 180 Å². The predicted molar refractivity (Wildman–Crippen MR) is 116 cm³/mol. The number of amides is 3. The first kappa shape index (κ1) is 23.5. The summed E-state index contributed by atoms with van der Waals surface area (Å²) in [4.78, 5) is 36.6. The average molecular weight is 436 g/mol. The van der Waals surface area contributed by atoms with Crippen LogP contribution < -0.4 is 16.0 Å². The number of aromatic carboxylic acids is 1. The number of hydrogen-bond acceptors (Lipinski definition) is 5. The lowest BCUT2D eigenvalue weighted by molar-refractivity contribution is 0.0697. The summed E-state index contributed by atoms with van der Waals surface area (Å²) in [7, 11) is 0. The quantitative estimate of drug-likeness (QED) is 0.358. The number of carbonyl (C=O) groups is 3. The number of furan rings is 1. The third-order valence-electron chi connectivity index (χ3n) is 4.61. The van der Waals surface area contributed by atoms with E-state index in [1.807, 2.05) is 0 Å². The standard InChI is InChI=1S/C21H29N3O5S/c1-3-4-5-6-7-8-11-22-21(28)24-19-16(20(26)27)14(2)17(30-19)18(25)23-13-15-10-9-12-29-15/h9-10,12H,3-8,11,13H2,1-2H3,(H,23,25)(H,26,27)(H2,22,24,28). The Kier molecular flexibility index (Phi) is 9.40. The van der Waals surface area contributed by atoms with Gasteiger partial charge in [-0.15, -0.1) is 11.3 Å². The molecule has 8 nitrogen and oxygen atoms in total. The maximum absolute atomic E-state index is 12.5. The van der Waals surface area contributed by atoms with Gasteiger partial charge in [-0.05, 0) is 31.0 Å².